The predicted octanol–water partition coefficient (Wildman–Crippen LogP) is 2.47. The SMILES string of the molecule is O=C(c1cccc(-c2ncccn2)c1)N1CCCC[C@H]1CN1CCOCC1. The maximum atomic E-state index is 13.3. The summed E-state index contributed by atoms with van der Waals surface area (Å²) in [6.45, 7) is 5.27. The van der Waals surface area contributed by atoms with E-state index in [1.165, 1.54) is 6.42 Å². The van der Waals surface area contributed by atoms with Crippen LogP contribution in [0.1, 0.15) is 29.6 Å². The molecule has 2 saturated heterocycles. The monoisotopic (exact) mass is 366 g/mol. The zero-order valence-electron chi connectivity index (χ0n) is 15.6. The predicted molar refractivity (Wildman–Crippen MR) is 103 cm³/mol. The number of likely N-dealkylation sites (tertiary alicyclic amines) is 1. The highest BCUT2D eigenvalue weighted by Gasteiger charge is 2.29. The number of piperidine rings is 1. The number of rotatable bonds is 4. The van der Waals surface area contributed by atoms with Crippen LogP contribution in [0.3, 0.4) is 0 Å². The van der Waals surface area contributed by atoms with Gasteiger partial charge in [0.1, 0.15) is 0 Å². The van der Waals surface area contributed by atoms with E-state index in [4.69, 9.17) is 4.74 Å². The van der Waals surface area contributed by atoms with Gasteiger partial charge in [0.05, 0.1) is 13.2 Å². The number of aromatic nitrogens is 2. The van der Waals surface area contributed by atoms with Crippen molar-refractivity contribution in [1.82, 2.24) is 19.8 Å². The maximum Gasteiger partial charge on any atom is 0.254 e. The van der Waals surface area contributed by atoms with Gasteiger partial charge >= 0.3 is 0 Å². The summed E-state index contributed by atoms with van der Waals surface area (Å²) in [7, 11) is 0. The Balaban J connectivity index is 1.51. The molecule has 1 atom stereocenters. The van der Waals surface area contributed by atoms with Gasteiger partial charge in [0.2, 0.25) is 0 Å². The second-order valence-electron chi connectivity index (χ2n) is 7.21. The molecule has 27 heavy (non-hydrogen) atoms. The summed E-state index contributed by atoms with van der Waals surface area (Å²) in [5.41, 5.74) is 1.59. The third-order valence-electron chi connectivity index (χ3n) is 5.39. The van der Waals surface area contributed by atoms with Gasteiger partial charge in [-0.25, -0.2) is 9.97 Å². The molecule has 0 bridgehead atoms. The van der Waals surface area contributed by atoms with E-state index in [-0.39, 0.29) is 11.9 Å². The van der Waals surface area contributed by atoms with Crippen molar-refractivity contribution in [2.75, 3.05) is 39.4 Å². The highest BCUT2D eigenvalue weighted by atomic mass is 16.5. The first kappa shape index (κ1) is 18.1. The Morgan fingerprint density at radius 1 is 1.07 bits per heavy atom. The molecule has 1 aromatic carbocycles. The molecule has 4 rings (SSSR count). The largest absolute Gasteiger partial charge is 0.379 e. The summed E-state index contributed by atoms with van der Waals surface area (Å²) < 4.78 is 5.45. The van der Waals surface area contributed by atoms with Gasteiger partial charge in [-0.15, -0.1) is 0 Å². The second kappa shape index (κ2) is 8.59. The Labute approximate surface area is 160 Å². The lowest BCUT2D eigenvalue weighted by molar-refractivity contribution is 0.0166. The molecule has 6 nitrogen and oxygen atoms in total. The molecule has 1 amide bonds. The van der Waals surface area contributed by atoms with E-state index in [1.807, 2.05) is 24.3 Å². The van der Waals surface area contributed by atoms with Gasteiger partial charge in [-0.2, -0.15) is 0 Å². The van der Waals surface area contributed by atoms with Crippen molar-refractivity contribution in [2.24, 2.45) is 0 Å². The Hall–Kier alpha value is -2.31. The highest BCUT2D eigenvalue weighted by molar-refractivity contribution is 5.95. The fourth-order valence-electron chi connectivity index (χ4n) is 3.94. The smallest absolute Gasteiger partial charge is 0.254 e. The van der Waals surface area contributed by atoms with Crippen molar-refractivity contribution >= 4 is 5.91 Å². The first-order chi connectivity index (χ1) is 13.3. The third kappa shape index (κ3) is 4.34. The molecule has 2 fully saturated rings. The third-order valence-corrected chi connectivity index (χ3v) is 5.39. The lowest BCUT2D eigenvalue weighted by Crippen LogP contribution is -2.51. The minimum Gasteiger partial charge on any atom is -0.379 e. The number of carbonyl (C=O) groups is 1. The van der Waals surface area contributed by atoms with E-state index >= 15 is 0 Å². The molecule has 2 aliphatic rings. The zero-order chi connectivity index (χ0) is 18.5. The molecule has 0 aliphatic carbocycles. The summed E-state index contributed by atoms with van der Waals surface area (Å²) in [5.74, 6) is 0.765. The molecule has 0 radical (unpaired) electrons. The summed E-state index contributed by atoms with van der Waals surface area (Å²) in [4.78, 5) is 26.4. The van der Waals surface area contributed by atoms with E-state index in [9.17, 15) is 4.79 Å². The van der Waals surface area contributed by atoms with E-state index in [0.717, 1.165) is 57.8 Å². The molecule has 3 heterocycles. The normalized spacial score (nSPS) is 21.2. The van der Waals surface area contributed by atoms with Crippen molar-refractivity contribution in [2.45, 2.75) is 25.3 Å². The number of benzene rings is 1. The average molecular weight is 366 g/mol. The van der Waals surface area contributed by atoms with Crippen LogP contribution in [0.15, 0.2) is 42.7 Å². The number of hydrogen-bond donors (Lipinski definition) is 0. The molecule has 0 N–H and O–H groups in total. The van der Waals surface area contributed by atoms with Gasteiger partial charge in [0.25, 0.3) is 5.91 Å². The van der Waals surface area contributed by atoms with Gasteiger partial charge in [-0.05, 0) is 37.5 Å². The van der Waals surface area contributed by atoms with Crippen molar-refractivity contribution in [3.05, 3.63) is 48.3 Å². The van der Waals surface area contributed by atoms with Crippen LogP contribution in [0.2, 0.25) is 0 Å². The lowest BCUT2D eigenvalue weighted by atomic mass is 9.99. The molecule has 0 saturated carbocycles. The Kier molecular flexibility index (Phi) is 5.75. The quantitative estimate of drug-likeness (QED) is 0.832. The van der Waals surface area contributed by atoms with Crippen LogP contribution in [0.25, 0.3) is 11.4 Å². The topological polar surface area (TPSA) is 58.6 Å². The number of hydrogen-bond acceptors (Lipinski definition) is 5. The van der Waals surface area contributed by atoms with E-state index < -0.39 is 0 Å². The second-order valence-corrected chi connectivity index (χ2v) is 7.21. The molecule has 0 spiro atoms. The van der Waals surface area contributed by atoms with Crippen LogP contribution >= 0.6 is 0 Å². The van der Waals surface area contributed by atoms with Gasteiger partial charge in [0, 0.05) is 55.7 Å². The van der Waals surface area contributed by atoms with Crippen LogP contribution in [0, 0.1) is 0 Å². The fourth-order valence-corrected chi connectivity index (χ4v) is 3.94. The van der Waals surface area contributed by atoms with Crippen LogP contribution in [0.5, 0.6) is 0 Å². The Morgan fingerprint density at radius 2 is 1.89 bits per heavy atom. The van der Waals surface area contributed by atoms with E-state index in [1.54, 1.807) is 18.5 Å². The Morgan fingerprint density at radius 3 is 2.70 bits per heavy atom. The van der Waals surface area contributed by atoms with Crippen molar-refractivity contribution in [1.29, 1.82) is 0 Å². The van der Waals surface area contributed by atoms with E-state index in [0.29, 0.717) is 11.4 Å². The van der Waals surface area contributed by atoms with Gasteiger partial charge in [-0.1, -0.05) is 12.1 Å². The average Bonchev–Trinajstić information content (AvgIpc) is 2.75. The molecule has 1 aromatic heterocycles. The summed E-state index contributed by atoms with van der Waals surface area (Å²) >= 11 is 0. The first-order valence-electron chi connectivity index (χ1n) is 9.80. The molecule has 0 unspecified atom stereocenters. The molecule has 2 aromatic rings. The number of amides is 1. The standard InChI is InChI=1S/C21H26N4O2/c26-21(18-6-3-5-17(15-18)20-22-8-4-9-23-20)25-10-2-1-7-19(25)16-24-11-13-27-14-12-24/h3-6,8-9,15,19H,1-2,7,10-14,16H2/t19-/m0/s1. The molecule has 2 aliphatic heterocycles. The van der Waals surface area contributed by atoms with Crippen LogP contribution in [0.4, 0.5) is 0 Å². The molecule has 142 valence electrons. The van der Waals surface area contributed by atoms with Crippen molar-refractivity contribution in [3.63, 3.8) is 0 Å². The summed E-state index contributed by atoms with van der Waals surface area (Å²) in [5, 5.41) is 0. The molecular formula is C21H26N4O2. The highest BCUT2D eigenvalue weighted by Crippen LogP contribution is 2.23. The number of carbonyl (C=O) groups excluding carboxylic acids is 1. The van der Waals surface area contributed by atoms with Crippen LogP contribution < -0.4 is 0 Å². The van der Waals surface area contributed by atoms with Crippen molar-refractivity contribution in [3.8, 4) is 11.4 Å². The fraction of sp³-hybridized carbons (Fsp3) is 0.476. The van der Waals surface area contributed by atoms with Crippen molar-refractivity contribution < 1.29 is 9.53 Å². The maximum absolute atomic E-state index is 13.3. The van der Waals surface area contributed by atoms with Crippen LogP contribution in [-0.4, -0.2) is 71.1 Å². The molecule has 6 heteroatoms. The molecular weight excluding hydrogens is 340 g/mol. The minimum atomic E-state index is 0.116. The number of nitrogens with zero attached hydrogens (tertiary/aromatic N) is 4. The minimum absolute atomic E-state index is 0.116. The van der Waals surface area contributed by atoms with Crippen LogP contribution in [-0.2, 0) is 4.74 Å². The van der Waals surface area contributed by atoms with Gasteiger partial charge in [-0.3, -0.25) is 9.69 Å². The van der Waals surface area contributed by atoms with Gasteiger partial charge < -0.3 is 9.64 Å². The lowest BCUT2D eigenvalue weighted by Gasteiger charge is -2.39. The first-order valence-corrected chi connectivity index (χ1v) is 9.80. The van der Waals surface area contributed by atoms with E-state index in [2.05, 4.69) is 19.8 Å². The zero-order valence-corrected chi connectivity index (χ0v) is 15.6. The van der Waals surface area contributed by atoms with Gasteiger partial charge in [0.15, 0.2) is 5.82 Å². The Bertz CT molecular complexity index is 762. The summed E-state index contributed by atoms with van der Waals surface area (Å²) in [6.07, 6.45) is 6.79. The summed E-state index contributed by atoms with van der Waals surface area (Å²) in [6, 6.07) is 9.75. The number of morpholine rings is 1. The number of ether oxygens (including phenoxy) is 1.